The van der Waals surface area contributed by atoms with Crippen molar-refractivity contribution >= 4 is 5.97 Å². The van der Waals surface area contributed by atoms with Crippen molar-refractivity contribution in [3.05, 3.63) is 0 Å². The molecule has 0 aliphatic heterocycles. The van der Waals surface area contributed by atoms with Gasteiger partial charge in [0.2, 0.25) is 0 Å². The molecule has 0 aliphatic carbocycles. The van der Waals surface area contributed by atoms with E-state index in [4.69, 9.17) is 0 Å². The normalized spacial score (nSPS) is 14.8. The van der Waals surface area contributed by atoms with Crippen molar-refractivity contribution in [2.45, 2.75) is 90.3 Å². The lowest BCUT2D eigenvalue weighted by Gasteiger charge is -2.38. The molecule has 0 heterocycles. The van der Waals surface area contributed by atoms with E-state index >= 15 is 0 Å². The van der Waals surface area contributed by atoms with Crippen LogP contribution >= 0.6 is 0 Å². The van der Waals surface area contributed by atoms with Gasteiger partial charge < -0.3 is 14.4 Å². The number of nitrogens with zero attached hydrogens (tertiary/aromatic N) is 1. The number of halogens is 1. The number of hydrogen-bond acceptors (Lipinski definition) is 2. The van der Waals surface area contributed by atoms with Gasteiger partial charge in [-0.2, -0.15) is 0 Å². The van der Waals surface area contributed by atoms with E-state index in [0.717, 1.165) is 49.6 Å². The summed E-state index contributed by atoms with van der Waals surface area (Å²) in [4.78, 5) is 10.4. The van der Waals surface area contributed by atoms with E-state index in [1.807, 2.05) is 0 Å². The quantitative estimate of drug-likeness (QED) is 0.363. The summed E-state index contributed by atoms with van der Waals surface area (Å²) in [7, 11) is 4.36. The molecular weight excluding hydrogens is 281 g/mol. The van der Waals surface area contributed by atoms with E-state index in [-0.39, 0.29) is 6.42 Å². The summed E-state index contributed by atoms with van der Waals surface area (Å²) in [5.74, 6) is -0.968. The van der Waals surface area contributed by atoms with Gasteiger partial charge in [-0.15, -0.1) is 0 Å². The summed E-state index contributed by atoms with van der Waals surface area (Å²) >= 11 is 0. The molecule has 0 saturated carbocycles. The number of hydrogen-bond donors (Lipinski definition) is 0. The molecule has 2 atom stereocenters. The van der Waals surface area contributed by atoms with Crippen LogP contribution in [0.5, 0.6) is 0 Å². The molecule has 0 amide bonds. The van der Waals surface area contributed by atoms with Crippen molar-refractivity contribution in [2.75, 3.05) is 20.6 Å². The van der Waals surface area contributed by atoms with Gasteiger partial charge in [0.05, 0.1) is 26.7 Å². The highest BCUT2D eigenvalue weighted by Crippen LogP contribution is 2.21. The van der Waals surface area contributed by atoms with Gasteiger partial charge in [-0.1, -0.05) is 33.1 Å². The van der Waals surface area contributed by atoms with Crippen LogP contribution in [0.4, 0.5) is 4.39 Å². The van der Waals surface area contributed by atoms with E-state index in [9.17, 15) is 14.3 Å². The molecule has 3 nitrogen and oxygen atoms in total. The number of rotatable bonds is 14. The molecule has 0 fully saturated rings. The Morgan fingerprint density at radius 3 is 2.27 bits per heavy atom. The second-order valence-electron chi connectivity index (χ2n) is 7.06. The molecule has 0 aromatic rings. The maximum Gasteiger partial charge on any atom is 0.100 e. The van der Waals surface area contributed by atoms with E-state index in [1.54, 1.807) is 0 Å². The molecule has 0 aromatic heterocycles. The van der Waals surface area contributed by atoms with E-state index in [0.29, 0.717) is 25.3 Å². The minimum atomic E-state index is -0.968. The third-order valence-corrected chi connectivity index (χ3v) is 4.76. The first-order valence-corrected chi connectivity index (χ1v) is 9.00. The SMILES string of the molecule is CCCCCC(F)CCC(CC)[N+](C)(C)CCCCC(=O)[O-]. The summed E-state index contributed by atoms with van der Waals surface area (Å²) in [5, 5.41) is 10.4. The molecule has 0 saturated heterocycles. The van der Waals surface area contributed by atoms with Gasteiger partial charge in [-0.25, -0.2) is 4.39 Å². The van der Waals surface area contributed by atoms with Crippen LogP contribution in [-0.4, -0.2) is 43.3 Å². The largest absolute Gasteiger partial charge is 0.550 e. The maximum absolute atomic E-state index is 13.9. The predicted octanol–water partition coefficient (Wildman–Crippen LogP) is 3.46. The summed E-state index contributed by atoms with van der Waals surface area (Å²) in [5.41, 5.74) is 0. The minimum Gasteiger partial charge on any atom is -0.550 e. The molecule has 0 aromatic carbocycles. The molecular formula is C18H36FNO2. The van der Waals surface area contributed by atoms with Crippen molar-refractivity contribution in [3.8, 4) is 0 Å². The van der Waals surface area contributed by atoms with Crippen molar-refractivity contribution in [2.24, 2.45) is 0 Å². The number of aliphatic carboxylic acids is 1. The first kappa shape index (κ1) is 21.4. The highest BCUT2D eigenvalue weighted by atomic mass is 19.1. The Hall–Kier alpha value is -0.640. The van der Waals surface area contributed by atoms with Gasteiger partial charge >= 0.3 is 0 Å². The van der Waals surface area contributed by atoms with Crippen LogP contribution in [0.25, 0.3) is 0 Å². The van der Waals surface area contributed by atoms with Gasteiger partial charge in [0.1, 0.15) is 6.17 Å². The fourth-order valence-electron chi connectivity index (χ4n) is 3.15. The highest BCUT2D eigenvalue weighted by molar-refractivity contribution is 5.64. The number of carboxylic acid groups (broad SMARTS) is 1. The zero-order chi connectivity index (χ0) is 17.0. The third kappa shape index (κ3) is 10.1. The summed E-state index contributed by atoms with van der Waals surface area (Å²) < 4.78 is 14.8. The zero-order valence-electron chi connectivity index (χ0n) is 15.1. The molecule has 0 aliphatic rings. The number of alkyl halides is 1. The van der Waals surface area contributed by atoms with Crippen LogP contribution in [0.3, 0.4) is 0 Å². The van der Waals surface area contributed by atoms with Crippen LogP contribution in [0, 0.1) is 0 Å². The second-order valence-corrected chi connectivity index (χ2v) is 7.06. The van der Waals surface area contributed by atoms with Gasteiger partial charge in [-0.3, -0.25) is 0 Å². The number of carbonyl (C=O) groups is 1. The van der Waals surface area contributed by atoms with Crippen LogP contribution < -0.4 is 5.11 Å². The smallest absolute Gasteiger partial charge is 0.100 e. The number of carboxylic acids is 1. The molecule has 0 radical (unpaired) electrons. The Morgan fingerprint density at radius 1 is 1.05 bits per heavy atom. The van der Waals surface area contributed by atoms with Gasteiger partial charge in [0.15, 0.2) is 0 Å². The van der Waals surface area contributed by atoms with Crippen molar-refractivity contribution < 1.29 is 18.8 Å². The topological polar surface area (TPSA) is 40.1 Å². The summed E-state index contributed by atoms with van der Waals surface area (Å²) in [6, 6.07) is 0.451. The predicted molar refractivity (Wildman–Crippen MR) is 88.2 cm³/mol. The lowest BCUT2D eigenvalue weighted by Crippen LogP contribution is -2.49. The van der Waals surface area contributed by atoms with Crippen LogP contribution in [0.1, 0.15) is 78.1 Å². The molecule has 22 heavy (non-hydrogen) atoms. The first-order chi connectivity index (χ1) is 10.3. The molecule has 4 heteroatoms. The molecule has 0 spiro atoms. The van der Waals surface area contributed by atoms with Crippen LogP contribution in [-0.2, 0) is 4.79 Å². The van der Waals surface area contributed by atoms with Gasteiger partial charge in [-0.05, 0) is 38.5 Å². The minimum absolute atomic E-state index is 0.140. The number of quaternary nitrogens is 1. The van der Waals surface area contributed by atoms with Gasteiger partial charge in [0.25, 0.3) is 0 Å². The zero-order valence-corrected chi connectivity index (χ0v) is 15.1. The highest BCUT2D eigenvalue weighted by Gasteiger charge is 2.26. The number of unbranched alkanes of at least 4 members (excludes halogenated alkanes) is 3. The Bertz CT molecular complexity index is 295. The monoisotopic (exact) mass is 317 g/mol. The van der Waals surface area contributed by atoms with Crippen molar-refractivity contribution in [1.82, 2.24) is 0 Å². The molecule has 0 N–H and O–H groups in total. The first-order valence-electron chi connectivity index (χ1n) is 9.00. The second kappa shape index (κ2) is 11.9. The van der Waals surface area contributed by atoms with Crippen LogP contribution in [0.2, 0.25) is 0 Å². The molecule has 0 bridgehead atoms. The molecule has 2 unspecified atom stereocenters. The van der Waals surface area contributed by atoms with E-state index < -0.39 is 12.1 Å². The standard InChI is InChI=1S/C18H36FNO2/c1-5-7-8-11-16(19)13-14-17(6-2)20(3,4)15-10-9-12-18(21)22/h16-17H,5-15H2,1-4H3. The fourth-order valence-corrected chi connectivity index (χ4v) is 3.15. The average Bonchev–Trinajstić information content (AvgIpc) is 2.44. The Morgan fingerprint density at radius 2 is 1.73 bits per heavy atom. The van der Waals surface area contributed by atoms with Crippen molar-refractivity contribution in [1.29, 1.82) is 0 Å². The Labute approximate surface area is 136 Å². The fraction of sp³-hybridized carbons (Fsp3) is 0.944. The van der Waals surface area contributed by atoms with E-state index in [2.05, 4.69) is 27.9 Å². The maximum atomic E-state index is 13.9. The molecule has 132 valence electrons. The third-order valence-electron chi connectivity index (χ3n) is 4.76. The summed E-state index contributed by atoms with van der Waals surface area (Å²) in [6.45, 7) is 5.25. The Kier molecular flexibility index (Phi) is 11.5. The number of carbonyl (C=O) groups excluding carboxylic acids is 1. The van der Waals surface area contributed by atoms with E-state index in [1.165, 1.54) is 0 Å². The van der Waals surface area contributed by atoms with Gasteiger partial charge in [0, 0.05) is 12.4 Å². The lowest BCUT2D eigenvalue weighted by molar-refractivity contribution is -0.915. The summed E-state index contributed by atoms with van der Waals surface area (Å²) in [6.07, 6.45) is 7.59. The van der Waals surface area contributed by atoms with Crippen molar-refractivity contribution in [3.63, 3.8) is 0 Å². The average molecular weight is 317 g/mol. The molecule has 0 rings (SSSR count). The Balaban J connectivity index is 4.09. The van der Waals surface area contributed by atoms with Crippen LogP contribution in [0.15, 0.2) is 0 Å². The lowest BCUT2D eigenvalue weighted by atomic mass is 10.00.